The number of hydrogen-bond acceptors (Lipinski definition) is 7. The molecule has 0 saturated carbocycles. The summed E-state index contributed by atoms with van der Waals surface area (Å²) in [5.41, 5.74) is 10.8. The molecule has 2 aromatic carbocycles. The summed E-state index contributed by atoms with van der Waals surface area (Å²) < 4.78 is 5.46. The summed E-state index contributed by atoms with van der Waals surface area (Å²) in [6.45, 7) is 5.47. The summed E-state index contributed by atoms with van der Waals surface area (Å²) in [6.07, 6.45) is 0.449. The van der Waals surface area contributed by atoms with Crippen LogP contribution in [0, 0.1) is 6.92 Å². The lowest BCUT2D eigenvalue weighted by Crippen LogP contribution is -2.48. The van der Waals surface area contributed by atoms with E-state index in [0.29, 0.717) is 30.2 Å². The van der Waals surface area contributed by atoms with Gasteiger partial charge in [0, 0.05) is 49.5 Å². The Balaban J connectivity index is 1.07. The number of anilines is 2. The van der Waals surface area contributed by atoms with E-state index >= 15 is 0 Å². The minimum Gasteiger partial charge on any atom is -0.445 e. The number of hydrogen-bond donors (Lipinski definition) is 2. The van der Waals surface area contributed by atoms with Gasteiger partial charge in [0.05, 0.1) is 5.69 Å². The highest BCUT2D eigenvalue weighted by molar-refractivity contribution is 7.21. The number of ether oxygens (including phenoxy) is 1. The van der Waals surface area contributed by atoms with Gasteiger partial charge >= 0.3 is 6.09 Å². The number of aromatic nitrogens is 1. The molecule has 0 spiro atoms. The Kier molecular flexibility index (Phi) is 7.74. The third-order valence-corrected chi connectivity index (χ3v) is 7.80. The van der Waals surface area contributed by atoms with Crippen LogP contribution in [0.5, 0.6) is 0 Å². The number of pyridine rings is 1. The number of nitrogens with zero attached hydrogens (tertiary/aromatic N) is 3. The van der Waals surface area contributed by atoms with Crippen LogP contribution in [0.2, 0.25) is 0 Å². The second-order valence-corrected chi connectivity index (χ2v) is 10.3. The fourth-order valence-corrected chi connectivity index (χ4v) is 5.55. The van der Waals surface area contributed by atoms with Crippen LogP contribution in [-0.4, -0.2) is 54.6 Å². The first-order valence-corrected chi connectivity index (χ1v) is 13.5. The molecule has 0 aliphatic carbocycles. The van der Waals surface area contributed by atoms with Crippen LogP contribution >= 0.6 is 11.3 Å². The number of nitrogen functional groups attached to an aromatic ring is 1. The molecule has 5 rings (SSSR count). The van der Waals surface area contributed by atoms with Crippen LogP contribution in [0.1, 0.15) is 26.5 Å². The Bertz CT molecular complexity index is 1410. The van der Waals surface area contributed by atoms with E-state index in [2.05, 4.69) is 39.5 Å². The number of fused-ring (bicyclic) bond motifs is 1. The van der Waals surface area contributed by atoms with E-state index in [1.807, 2.05) is 49.4 Å². The number of amides is 2. The minimum atomic E-state index is -0.269. The van der Waals surface area contributed by atoms with Gasteiger partial charge in [-0.25, -0.2) is 9.78 Å². The minimum absolute atomic E-state index is 0.167. The second-order valence-electron chi connectivity index (χ2n) is 9.34. The average molecular weight is 530 g/mol. The number of benzene rings is 2. The molecule has 1 aliphatic rings. The maximum absolute atomic E-state index is 12.7. The molecule has 0 radical (unpaired) electrons. The van der Waals surface area contributed by atoms with E-state index in [1.54, 1.807) is 4.90 Å². The zero-order chi connectivity index (χ0) is 26.5. The number of rotatable bonds is 7. The molecule has 2 aromatic heterocycles. The van der Waals surface area contributed by atoms with E-state index in [4.69, 9.17) is 10.5 Å². The molecule has 1 fully saturated rings. The van der Waals surface area contributed by atoms with Gasteiger partial charge in [0.15, 0.2) is 0 Å². The Labute approximate surface area is 226 Å². The van der Waals surface area contributed by atoms with Gasteiger partial charge in [-0.1, -0.05) is 42.5 Å². The van der Waals surface area contributed by atoms with Crippen molar-refractivity contribution in [3.05, 3.63) is 88.4 Å². The molecule has 9 heteroatoms. The number of nitrogens with one attached hydrogen (secondary N) is 1. The van der Waals surface area contributed by atoms with Gasteiger partial charge < -0.3 is 25.6 Å². The lowest BCUT2D eigenvalue weighted by Gasteiger charge is -2.35. The van der Waals surface area contributed by atoms with E-state index < -0.39 is 0 Å². The lowest BCUT2D eigenvalue weighted by atomic mass is 10.1. The molecule has 196 valence electrons. The summed E-state index contributed by atoms with van der Waals surface area (Å²) in [5.74, 6) is -0.167. The largest absolute Gasteiger partial charge is 0.445 e. The molecule has 8 nitrogen and oxygen atoms in total. The molecule has 1 aliphatic heterocycles. The second kappa shape index (κ2) is 11.5. The molecule has 0 bridgehead atoms. The molecule has 38 heavy (non-hydrogen) atoms. The molecular weight excluding hydrogens is 498 g/mol. The first kappa shape index (κ1) is 25.5. The third kappa shape index (κ3) is 5.89. The van der Waals surface area contributed by atoms with Gasteiger partial charge in [-0.3, -0.25) is 4.79 Å². The molecule has 3 N–H and O–H groups in total. The first-order valence-electron chi connectivity index (χ1n) is 12.7. The van der Waals surface area contributed by atoms with E-state index in [9.17, 15) is 9.59 Å². The first-order chi connectivity index (χ1) is 18.5. The van der Waals surface area contributed by atoms with Crippen LogP contribution < -0.4 is 16.0 Å². The fraction of sp³-hybridized carbons (Fsp3) is 0.276. The topological polar surface area (TPSA) is 101 Å². The Morgan fingerprint density at radius 2 is 1.71 bits per heavy atom. The van der Waals surface area contributed by atoms with Crippen LogP contribution in [-0.2, 0) is 17.8 Å². The fourth-order valence-electron chi connectivity index (χ4n) is 4.49. The lowest BCUT2D eigenvalue weighted by molar-refractivity contribution is 0.0939. The van der Waals surface area contributed by atoms with Crippen molar-refractivity contribution < 1.29 is 14.3 Å². The smallest absolute Gasteiger partial charge is 0.410 e. The highest BCUT2D eigenvalue weighted by Gasteiger charge is 2.22. The Hall–Kier alpha value is -4.11. The standard InChI is InChI=1S/C29H31N5O3S/c1-20-7-12-24-25(30)26(38-28(24)32-20)27(35)31-14-13-21-8-10-23(11-9-21)33-15-17-34(18-16-33)29(36)37-19-22-5-3-2-4-6-22/h2-12H,13-19,30H2,1H3,(H,31,35). The molecule has 0 unspecified atom stereocenters. The number of aryl methyl sites for hydroxylation is 1. The van der Waals surface area contributed by atoms with Gasteiger partial charge in [-0.05, 0) is 48.7 Å². The van der Waals surface area contributed by atoms with Crippen molar-refractivity contribution in [1.29, 1.82) is 0 Å². The SMILES string of the molecule is Cc1ccc2c(N)c(C(=O)NCCc3ccc(N4CCN(C(=O)OCc5ccccc5)CC4)cc3)sc2n1. The number of piperazine rings is 1. The van der Waals surface area contributed by atoms with Crippen LogP contribution in [0.15, 0.2) is 66.7 Å². The molecule has 4 aromatic rings. The zero-order valence-corrected chi connectivity index (χ0v) is 22.2. The van der Waals surface area contributed by atoms with Gasteiger partial charge in [0.2, 0.25) is 0 Å². The normalized spacial score (nSPS) is 13.5. The predicted molar refractivity (Wildman–Crippen MR) is 152 cm³/mol. The maximum atomic E-state index is 12.7. The van der Waals surface area contributed by atoms with Crippen molar-refractivity contribution in [1.82, 2.24) is 15.2 Å². The Morgan fingerprint density at radius 3 is 2.45 bits per heavy atom. The number of thiophene rings is 1. The van der Waals surface area contributed by atoms with Crippen molar-refractivity contribution in [2.45, 2.75) is 20.0 Å². The summed E-state index contributed by atoms with van der Waals surface area (Å²) in [5, 5.41) is 3.81. The third-order valence-electron chi connectivity index (χ3n) is 6.68. The van der Waals surface area contributed by atoms with Gasteiger partial charge in [-0.15, -0.1) is 11.3 Å². The van der Waals surface area contributed by atoms with Crippen LogP contribution in [0.25, 0.3) is 10.2 Å². The molecule has 2 amide bonds. The number of carbonyl (C=O) groups excluding carboxylic acids is 2. The van der Waals surface area contributed by atoms with E-state index in [-0.39, 0.29) is 18.6 Å². The zero-order valence-electron chi connectivity index (χ0n) is 21.4. The molecule has 1 saturated heterocycles. The van der Waals surface area contributed by atoms with Gasteiger partial charge in [0.1, 0.15) is 16.3 Å². The van der Waals surface area contributed by atoms with Gasteiger partial charge in [-0.2, -0.15) is 0 Å². The highest BCUT2D eigenvalue weighted by atomic mass is 32.1. The average Bonchev–Trinajstić information content (AvgIpc) is 3.28. The van der Waals surface area contributed by atoms with Crippen molar-refractivity contribution in [3.63, 3.8) is 0 Å². The quantitative estimate of drug-likeness (QED) is 0.362. The van der Waals surface area contributed by atoms with Crippen molar-refractivity contribution in [2.75, 3.05) is 43.4 Å². The molecule has 3 heterocycles. The summed E-state index contributed by atoms with van der Waals surface area (Å²) in [6, 6.07) is 21.9. The summed E-state index contributed by atoms with van der Waals surface area (Å²) in [7, 11) is 0. The Morgan fingerprint density at radius 1 is 0.974 bits per heavy atom. The predicted octanol–water partition coefficient (Wildman–Crippen LogP) is 4.62. The van der Waals surface area contributed by atoms with Crippen molar-refractivity contribution in [2.24, 2.45) is 0 Å². The summed E-state index contributed by atoms with van der Waals surface area (Å²) in [4.78, 5) is 34.9. The van der Waals surface area contributed by atoms with Gasteiger partial charge in [0.25, 0.3) is 5.91 Å². The van der Waals surface area contributed by atoms with Crippen molar-refractivity contribution >= 4 is 44.9 Å². The van der Waals surface area contributed by atoms with E-state index in [0.717, 1.165) is 52.2 Å². The monoisotopic (exact) mass is 529 g/mol. The van der Waals surface area contributed by atoms with Crippen LogP contribution in [0.3, 0.4) is 0 Å². The highest BCUT2D eigenvalue weighted by Crippen LogP contribution is 2.32. The number of nitrogens with two attached hydrogens (primary N) is 1. The van der Waals surface area contributed by atoms with Crippen molar-refractivity contribution in [3.8, 4) is 0 Å². The molecular formula is C29H31N5O3S. The van der Waals surface area contributed by atoms with E-state index in [1.165, 1.54) is 11.3 Å². The number of carbonyl (C=O) groups is 2. The summed E-state index contributed by atoms with van der Waals surface area (Å²) >= 11 is 1.33. The van der Waals surface area contributed by atoms with Crippen LogP contribution in [0.4, 0.5) is 16.2 Å². The maximum Gasteiger partial charge on any atom is 0.410 e. The molecule has 0 atom stereocenters.